The molecule has 0 saturated carbocycles. The number of nitrogens with zero attached hydrogens (tertiary/aromatic N) is 1. The van der Waals surface area contributed by atoms with Gasteiger partial charge in [0.25, 0.3) is 5.56 Å². The summed E-state index contributed by atoms with van der Waals surface area (Å²) >= 11 is 0. The molecule has 1 heterocycles. The first-order valence-electron chi connectivity index (χ1n) is 6.55. The van der Waals surface area contributed by atoms with Crippen LogP contribution in [0.25, 0.3) is 0 Å². The van der Waals surface area contributed by atoms with E-state index in [1.807, 2.05) is 0 Å². The summed E-state index contributed by atoms with van der Waals surface area (Å²) in [5.74, 6) is 0. The van der Waals surface area contributed by atoms with E-state index < -0.39 is 11.7 Å². The Labute approximate surface area is 119 Å². The van der Waals surface area contributed by atoms with Gasteiger partial charge in [-0.05, 0) is 37.1 Å². The third kappa shape index (κ3) is 3.75. The lowest BCUT2D eigenvalue weighted by atomic mass is 10.1. The minimum Gasteiger partial charge on any atom is -0.330 e. The molecule has 0 spiro atoms. The molecule has 114 valence electrons. The molecule has 1 aromatic carbocycles. The maximum absolute atomic E-state index is 12.6. The molecular formula is C14H16F3N3O. The second-order valence-corrected chi connectivity index (χ2v) is 4.78. The van der Waals surface area contributed by atoms with Crippen LogP contribution in [0.1, 0.15) is 23.1 Å². The average Bonchev–Trinajstić information content (AvgIpc) is 2.77. The normalized spacial score (nSPS) is 11.8. The first kappa shape index (κ1) is 15.4. The van der Waals surface area contributed by atoms with Crippen molar-refractivity contribution in [2.24, 2.45) is 5.73 Å². The Kier molecular flexibility index (Phi) is 4.52. The van der Waals surface area contributed by atoms with Crippen molar-refractivity contribution in [3.63, 3.8) is 0 Å². The standard InChI is InChI=1S/C14H16F3N3O/c15-14(16,17)12-5-1-3-10(7-12)9-20-13(21)11(8-19-20)4-2-6-18/h1,3,5,7-8,19H,2,4,6,9,18H2. The van der Waals surface area contributed by atoms with E-state index in [0.29, 0.717) is 30.5 Å². The number of aryl methyl sites for hydroxylation is 1. The van der Waals surface area contributed by atoms with Crippen LogP contribution in [-0.4, -0.2) is 16.3 Å². The number of hydrogen-bond donors (Lipinski definition) is 2. The van der Waals surface area contributed by atoms with Crippen molar-refractivity contribution in [1.29, 1.82) is 0 Å². The molecule has 7 heteroatoms. The van der Waals surface area contributed by atoms with Crippen LogP contribution in [0.4, 0.5) is 13.2 Å². The van der Waals surface area contributed by atoms with E-state index >= 15 is 0 Å². The molecule has 3 N–H and O–H groups in total. The van der Waals surface area contributed by atoms with Gasteiger partial charge in [-0.25, -0.2) is 4.68 Å². The van der Waals surface area contributed by atoms with Crippen LogP contribution in [0.5, 0.6) is 0 Å². The smallest absolute Gasteiger partial charge is 0.330 e. The van der Waals surface area contributed by atoms with Crippen molar-refractivity contribution in [2.75, 3.05) is 6.54 Å². The molecule has 0 amide bonds. The fourth-order valence-corrected chi connectivity index (χ4v) is 2.07. The van der Waals surface area contributed by atoms with Crippen molar-refractivity contribution in [3.8, 4) is 0 Å². The molecule has 4 nitrogen and oxygen atoms in total. The molecule has 0 aliphatic heterocycles. The Morgan fingerprint density at radius 1 is 1.29 bits per heavy atom. The topological polar surface area (TPSA) is 63.8 Å². The van der Waals surface area contributed by atoms with Crippen LogP contribution < -0.4 is 11.3 Å². The number of hydrogen-bond acceptors (Lipinski definition) is 2. The predicted molar refractivity (Wildman–Crippen MR) is 73.0 cm³/mol. The SMILES string of the molecule is NCCCc1c[nH]n(Cc2cccc(C(F)(F)F)c2)c1=O. The van der Waals surface area contributed by atoms with Crippen LogP contribution >= 0.6 is 0 Å². The summed E-state index contributed by atoms with van der Waals surface area (Å²) in [5, 5.41) is 2.77. The number of benzene rings is 1. The quantitative estimate of drug-likeness (QED) is 0.888. The zero-order valence-electron chi connectivity index (χ0n) is 11.3. The van der Waals surface area contributed by atoms with Gasteiger partial charge < -0.3 is 10.8 Å². The van der Waals surface area contributed by atoms with E-state index in [1.54, 1.807) is 12.3 Å². The van der Waals surface area contributed by atoms with Crippen molar-refractivity contribution in [1.82, 2.24) is 9.78 Å². The Morgan fingerprint density at radius 2 is 2.05 bits per heavy atom. The van der Waals surface area contributed by atoms with Gasteiger partial charge in [-0.1, -0.05) is 12.1 Å². The molecule has 0 unspecified atom stereocenters. The summed E-state index contributed by atoms with van der Waals surface area (Å²) < 4.78 is 39.2. The van der Waals surface area contributed by atoms with Gasteiger partial charge in [-0.2, -0.15) is 13.2 Å². The Morgan fingerprint density at radius 3 is 2.71 bits per heavy atom. The van der Waals surface area contributed by atoms with Crippen LogP contribution in [0.15, 0.2) is 35.3 Å². The molecule has 0 atom stereocenters. The summed E-state index contributed by atoms with van der Waals surface area (Å²) in [7, 11) is 0. The molecule has 2 aromatic rings. The second kappa shape index (κ2) is 6.17. The van der Waals surface area contributed by atoms with E-state index in [-0.39, 0.29) is 12.1 Å². The molecular weight excluding hydrogens is 283 g/mol. The number of aromatic nitrogens is 2. The van der Waals surface area contributed by atoms with Gasteiger partial charge in [0, 0.05) is 11.8 Å². The fourth-order valence-electron chi connectivity index (χ4n) is 2.07. The van der Waals surface area contributed by atoms with Gasteiger partial charge >= 0.3 is 6.18 Å². The van der Waals surface area contributed by atoms with Gasteiger partial charge in [-0.15, -0.1) is 0 Å². The Balaban J connectivity index is 2.19. The third-order valence-corrected chi connectivity index (χ3v) is 3.16. The highest BCUT2D eigenvalue weighted by atomic mass is 19.4. The minimum atomic E-state index is -4.39. The van der Waals surface area contributed by atoms with E-state index in [4.69, 9.17) is 5.73 Å². The van der Waals surface area contributed by atoms with Gasteiger partial charge in [-0.3, -0.25) is 4.79 Å². The molecule has 21 heavy (non-hydrogen) atoms. The van der Waals surface area contributed by atoms with E-state index in [2.05, 4.69) is 5.10 Å². The first-order chi connectivity index (χ1) is 9.91. The Hall–Kier alpha value is -2.02. The summed E-state index contributed by atoms with van der Waals surface area (Å²) in [4.78, 5) is 12.0. The van der Waals surface area contributed by atoms with Crippen LogP contribution in [0.2, 0.25) is 0 Å². The van der Waals surface area contributed by atoms with Gasteiger partial charge in [0.2, 0.25) is 0 Å². The fraction of sp³-hybridized carbons (Fsp3) is 0.357. The average molecular weight is 299 g/mol. The van der Waals surface area contributed by atoms with E-state index in [1.165, 1.54) is 10.7 Å². The number of aromatic amines is 1. The van der Waals surface area contributed by atoms with Crippen molar-refractivity contribution in [2.45, 2.75) is 25.6 Å². The lowest BCUT2D eigenvalue weighted by Crippen LogP contribution is -2.20. The molecule has 1 aromatic heterocycles. The molecule has 2 rings (SSSR count). The molecule has 0 bridgehead atoms. The molecule has 0 radical (unpaired) electrons. The maximum atomic E-state index is 12.6. The largest absolute Gasteiger partial charge is 0.416 e. The summed E-state index contributed by atoms with van der Waals surface area (Å²) in [6, 6.07) is 4.95. The summed E-state index contributed by atoms with van der Waals surface area (Å²) in [6.07, 6.45) is -1.56. The zero-order chi connectivity index (χ0) is 15.5. The monoisotopic (exact) mass is 299 g/mol. The number of nitrogens with two attached hydrogens (primary N) is 1. The maximum Gasteiger partial charge on any atom is 0.416 e. The number of rotatable bonds is 5. The van der Waals surface area contributed by atoms with Crippen LogP contribution in [0.3, 0.4) is 0 Å². The second-order valence-electron chi connectivity index (χ2n) is 4.78. The predicted octanol–water partition coefficient (Wildman–Crippen LogP) is 2.13. The number of halogens is 3. The highest BCUT2D eigenvalue weighted by molar-refractivity contribution is 5.26. The summed E-state index contributed by atoms with van der Waals surface area (Å²) in [6.45, 7) is 0.559. The van der Waals surface area contributed by atoms with Crippen molar-refractivity contribution >= 4 is 0 Å². The Bertz CT molecular complexity index is 658. The number of alkyl halides is 3. The minimum absolute atomic E-state index is 0.0748. The highest BCUT2D eigenvalue weighted by Gasteiger charge is 2.30. The number of nitrogens with one attached hydrogen (secondary N) is 1. The molecule has 0 fully saturated rings. The molecule has 0 aliphatic carbocycles. The van der Waals surface area contributed by atoms with Crippen molar-refractivity contribution in [3.05, 3.63) is 57.5 Å². The van der Waals surface area contributed by atoms with Gasteiger partial charge in [0.05, 0.1) is 12.1 Å². The van der Waals surface area contributed by atoms with Gasteiger partial charge in [0.15, 0.2) is 0 Å². The van der Waals surface area contributed by atoms with Gasteiger partial charge in [0.1, 0.15) is 0 Å². The van der Waals surface area contributed by atoms with E-state index in [0.717, 1.165) is 12.1 Å². The molecule has 0 aliphatic rings. The lowest BCUT2D eigenvalue weighted by Gasteiger charge is -2.08. The first-order valence-corrected chi connectivity index (χ1v) is 6.55. The van der Waals surface area contributed by atoms with Crippen LogP contribution in [0, 0.1) is 0 Å². The highest BCUT2D eigenvalue weighted by Crippen LogP contribution is 2.29. The lowest BCUT2D eigenvalue weighted by molar-refractivity contribution is -0.137. The van der Waals surface area contributed by atoms with Crippen molar-refractivity contribution < 1.29 is 13.2 Å². The third-order valence-electron chi connectivity index (χ3n) is 3.16. The zero-order valence-corrected chi connectivity index (χ0v) is 11.3. The van der Waals surface area contributed by atoms with E-state index in [9.17, 15) is 18.0 Å². The van der Waals surface area contributed by atoms with Crippen LogP contribution in [-0.2, 0) is 19.1 Å². The summed E-state index contributed by atoms with van der Waals surface area (Å²) in [5.41, 5.74) is 5.45. The number of H-pyrrole nitrogens is 1. The molecule has 0 saturated heterocycles.